The number of hydrogen-bond acceptors (Lipinski definition) is 3. The normalized spacial score (nSPS) is 14.7. The highest BCUT2D eigenvalue weighted by atomic mass is 79.9. The molecule has 18 heavy (non-hydrogen) atoms. The van der Waals surface area contributed by atoms with Crippen molar-refractivity contribution in [3.8, 4) is 0 Å². The van der Waals surface area contributed by atoms with Crippen LogP contribution >= 0.6 is 15.9 Å². The van der Waals surface area contributed by atoms with E-state index in [0.29, 0.717) is 4.47 Å². The Labute approximate surface area is 116 Å². The van der Waals surface area contributed by atoms with Crippen LogP contribution < -0.4 is 0 Å². The molecule has 0 aliphatic carbocycles. The van der Waals surface area contributed by atoms with Crippen LogP contribution in [0.3, 0.4) is 0 Å². The molecule has 0 unspecified atom stereocenters. The van der Waals surface area contributed by atoms with Gasteiger partial charge in [-0.15, -0.1) is 0 Å². The fourth-order valence-electron chi connectivity index (χ4n) is 1.01. The zero-order chi connectivity index (χ0) is 13.9. The molecule has 1 rings (SSSR count). The lowest BCUT2D eigenvalue weighted by molar-refractivity contribution is 0.555. The standard InChI is InChI=1S/C11H13BrF2N2OS/c1-11(2,3)18(17)16-9(5-13)8-4-7(12)6-15-10(8)14/h4,6H,5H2,1-3H3/t18-/m1/s1. The zero-order valence-electron chi connectivity index (χ0n) is 10.2. The van der Waals surface area contributed by atoms with Crippen LogP contribution in [-0.4, -0.2) is 26.7 Å². The van der Waals surface area contributed by atoms with Gasteiger partial charge in [-0.05, 0) is 42.8 Å². The number of hydrogen-bond donors (Lipinski definition) is 0. The lowest BCUT2D eigenvalue weighted by Gasteiger charge is -2.19. The van der Waals surface area contributed by atoms with Crippen molar-refractivity contribution in [3.05, 3.63) is 28.2 Å². The second-order valence-electron chi connectivity index (χ2n) is 4.53. The second-order valence-corrected chi connectivity index (χ2v) is 7.35. The monoisotopic (exact) mass is 338 g/mol. The van der Waals surface area contributed by atoms with Crippen LogP contribution in [0.5, 0.6) is 0 Å². The summed E-state index contributed by atoms with van der Waals surface area (Å²) in [5.74, 6) is -0.833. The van der Waals surface area contributed by atoms with E-state index in [-0.39, 0.29) is 11.3 Å². The van der Waals surface area contributed by atoms with E-state index in [1.165, 1.54) is 12.3 Å². The summed E-state index contributed by atoms with van der Waals surface area (Å²) in [6.07, 6.45) is 1.26. The third-order valence-electron chi connectivity index (χ3n) is 1.96. The summed E-state index contributed by atoms with van der Waals surface area (Å²) < 4.78 is 41.8. The van der Waals surface area contributed by atoms with Gasteiger partial charge in [0.15, 0.2) is 0 Å². The van der Waals surface area contributed by atoms with Crippen molar-refractivity contribution in [3.63, 3.8) is 0 Å². The predicted octanol–water partition coefficient (Wildman–Crippen LogP) is 3.20. The van der Waals surface area contributed by atoms with Crippen LogP contribution in [0, 0.1) is 5.95 Å². The van der Waals surface area contributed by atoms with Gasteiger partial charge in [0.25, 0.3) is 0 Å². The zero-order valence-corrected chi connectivity index (χ0v) is 12.6. The molecule has 0 fully saturated rings. The molecule has 0 N–H and O–H groups in total. The summed E-state index contributed by atoms with van der Waals surface area (Å²) in [6.45, 7) is 4.12. The first-order valence-electron chi connectivity index (χ1n) is 5.12. The number of nitrogens with zero attached hydrogens (tertiary/aromatic N) is 2. The van der Waals surface area contributed by atoms with Crippen LogP contribution in [0.2, 0.25) is 0 Å². The number of aromatic nitrogens is 1. The maximum atomic E-state index is 13.5. The molecule has 100 valence electrons. The molecule has 1 aromatic heterocycles. The Morgan fingerprint density at radius 3 is 2.67 bits per heavy atom. The van der Waals surface area contributed by atoms with E-state index >= 15 is 0 Å². The SMILES string of the molecule is CC(C)(C)[S@@+]([O-])N=C(CF)c1cc(Br)cnc1F. The summed E-state index contributed by atoms with van der Waals surface area (Å²) in [5, 5.41) is 0. The third kappa shape index (κ3) is 4.00. The molecule has 0 amide bonds. The summed E-state index contributed by atoms with van der Waals surface area (Å²) in [4.78, 5) is 3.46. The first-order valence-corrected chi connectivity index (χ1v) is 7.02. The maximum Gasteiger partial charge on any atom is 0.222 e. The molecule has 0 saturated carbocycles. The van der Waals surface area contributed by atoms with Crippen LogP contribution in [0.15, 0.2) is 21.1 Å². The Bertz CT molecular complexity index is 463. The number of halogens is 3. The molecule has 7 heteroatoms. The first kappa shape index (κ1) is 15.5. The second kappa shape index (κ2) is 6.08. The van der Waals surface area contributed by atoms with Crippen LogP contribution in [0.1, 0.15) is 26.3 Å². The number of alkyl halides is 1. The third-order valence-corrected chi connectivity index (χ3v) is 3.83. The molecule has 0 radical (unpaired) electrons. The van der Waals surface area contributed by atoms with E-state index in [0.717, 1.165) is 0 Å². The van der Waals surface area contributed by atoms with Gasteiger partial charge in [0.2, 0.25) is 5.95 Å². The quantitative estimate of drug-likeness (QED) is 0.482. The Balaban J connectivity index is 3.17. The van der Waals surface area contributed by atoms with E-state index in [1.807, 2.05) is 0 Å². The number of rotatable bonds is 3. The largest absolute Gasteiger partial charge is 0.591 e. The molecule has 1 aromatic rings. The fraction of sp³-hybridized carbons (Fsp3) is 0.455. The molecule has 0 aliphatic rings. The Kier molecular flexibility index (Phi) is 5.24. The molecule has 0 spiro atoms. The minimum absolute atomic E-state index is 0.0792. The minimum Gasteiger partial charge on any atom is -0.591 e. The van der Waals surface area contributed by atoms with Crippen molar-refractivity contribution in [2.75, 3.05) is 6.67 Å². The van der Waals surface area contributed by atoms with E-state index in [1.54, 1.807) is 20.8 Å². The molecular formula is C11H13BrF2N2OS. The average molecular weight is 339 g/mol. The molecule has 3 nitrogen and oxygen atoms in total. The summed E-state index contributed by atoms with van der Waals surface area (Å²) in [6, 6.07) is 1.36. The summed E-state index contributed by atoms with van der Waals surface area (Å²) >= 11 is 1.47. The van der Waals surface area contributed by atoms with Crippen molar-refractivity contribution in [1.29, 1.82) is 0 Å². The minimum atomic E-state index is -1.64. The van der Waals surface area contributed by atoms with Crippen molar-refractivity contribution in [2.45, 2.75) is 25.5 Å². The highest BCUT2D eigenvalue weighted by molar-refractivity contribution is 9.10. The van der Waals surface area contributed by atoms with Gasteiger partial charge in [-0.25, -0.2) is 9.37 Å². The van der Waals surface area contributed by atoms with E-state index in [2.05, 4.69) is 25.3 Å². The molecule has 1 heterocycles. The van der Waals surface area contributed by atoms with Gasteiger partial charge in [0.1, 0.15) is 28.5 Å². The van der Waals surface area contributed by atoms with Gasteiger partial charge in [-0.1, -0.05) is 4.40 Å². The molecule has 0 saturated heterocycles. The smallest absolute Gasteiger partial charge is 0.222 e. The first-order chi connectivity index (χ1) is 8.25. The highest BCUT2D eigenvalue weighted by Gasteiger charge is 2.28. The van der Waals surface area contributed by atoms with Crippen molar-refractivity contribution >= 4 is 33.0 Å². The van der Waals surface area contributed by atoms with Crippen molar-refractivity contribution < 1.29 is 13.3 Å². The lowest BCUT2D eigenvalue weighted by Crippen LogP contribution is -2.27. The van der Waals surface area contributed by atoms with Gasteiger partial charge in [0.05, 0.1) is 5.56 Å². The number of pyridine rings is 1. The molecule has 0 bridgehead atoms. The van der Waals surface area contributed by atoms with Gasteiger partial charge >= 0.3 is 0 Å². The van der Waals surface area contributed by atoms with Crippen LogP contribution in [0.25, 0.3) is 0 Å². The predicted molar refractivity (Wildman–Crippen MR) is 72.3 cm³/mol. The average Bonchev–Trinajstić information content (AvgIpc) is 2.28. The fourth-order valence-corrected chi connectivity index (χ4v) is 1.96. The van der Waals surface area contributed by atoms with E-state index < -0.39 is 28.7 Å². The summed E-state index contributed by atoms with van der Waals surface area (Å²) in [5.41, 5.74) is -0.279. The van der Waals surface area contributed by atoms with Crippen LogP contribution in [0.4, 0.5) is 8.78 Å². The Morgan fingerprint density at radius 2 is 2.17 bits per heavy atom. The van der Waals surface area contributed by atoms with Gasteiger partial charge < -0.3 is 4.55 Å². The topological polar surface area (TPSA) is 48.3 Å². The highest BCUT2D eigenvalue weighted by Crippen LogP contribution is 2.20. The van der Waals surface area contributed by atoms with Crippen molar-refractivity contribution in [2.24, 2.45) is 4.40 Å². The Hall–Kier alpha value is -0.530. The van der Waals surface area contributed by atoms with Gasteiger partial charge in [-0.3, -0.25) is 0 Å². The van der Waals surface area contributed by atoms with E-state index in [9.17, 15) is 13.3 Å². The molecular weight excluding hydrogens is 326 g/mol. The Morgan fingerprint density at radius 1 is 1.56 bits per heavy atom. The van der Waals surface area contributed by atoms with Gasteiger partial charge in [-0.2, -0.15) is 4.39 Å². The maximum absolute atomic E-state index is 13.5. The molecule has 0 aliphatic heterocycles. The van der Waals surface area contributed by atoms with E-state index in [4.69, 9.17) is 0 Å². The molecule has 1 atom stereocenters. The van der Waals surface area contributed by atoms with Crippen molar-refractivity contribution in [1.82, 2.24) is 4.98 Å². The van der Waals surface area contributed by atoms with Gasteiger partial charge in [0, 0.05) is 10.7 Å². The lowest BCUT2D eigenvalue weighted by atomic mass is 10.2. The summed E-state index contributed by atoms with van der Waals surface area (Å²) in [7, 11) is 0. The van der Waals surface area contributed by atoms with Crippen LogP contribution in [-0.2, 0) is 11.4 Å². The molecule has 0 aromatic carbocycles.